The van der Waals surface area contributed by atoms with Gasteiger partial charge in [-0.2, -0.15) is 13.2 Å². The molecule has 0 saturated carbocycles. The number of anilines is 1. The fourth-order valence-electron chi connectivity index (χ4n) is 4.05. The van der Waals surface area contributed by atoms with E-state index in [1.54, 1.807) is 0 Å². The molecule has 0 amide bonds. The predicted molar refractivity (Wildman–Crippen MR) is 129 cm³/mol. The topological polar surface area (TPSA) is 36.5 Å². The van der Waals surface area contributed by atoms with E-state index in [4.69, 9.17) is 17.1 Å². The summed E-state index contributed by atoms with van der Waals surface area (Å²) < 4.78 is 38.4. The van der Waals surface area contributed by atoms with Crippen LogP contribution in [-0.4, -0.2) is 28.7 Å². The predicted octanol–water partition coefficient (Wildman–Crippen LogP) is 6.11. The van der Waals surface area contributed by atoms with Crippen molar-refractivity contribution in [1.29, 1.82) is 0 Å². The molecule has 1 spiro atoms. The first-order valence-corrected chi connectivity index (χ1v) is 11.4. The van der Waals surface area contributed by atoms with Crippen LogP contribution in [0.1, 0.15) is 50.3 Å². The van der Waals surface area contributed by atoms with Gasteiger partial charge in [0.25, 0.3) is 0 Å². The minimum atomic E-state index is -4.35. The monoisotopic (exact) mass is 475 g/mol. The Morgan fingerprint density at radius 2 is 1.55 bits per heavy atom. The molecule has 1 saturated heterocycles. The van der Waals surface area contributed by atoms with Crippen molar-refractivity contribution < 1.29 is 18.0 Å². The maximum absolute atomic E-state index is 12.8. The SMILES string of the molecule is CC(C)(C)c1ccc(NC(=S)N2CCC3(C=C(c4ccc(C(F)(F)F)cc4)NO3)CC2)cc1. The number of benzene rings is 2. The minimum absolute atomic E-state index is 0.0995. The number of thiocarbonyl (C=S) groups is 1. The molecule has 0 unspecified atom stereocenters. The summed E-state index contributed by atoms with van der Waals surface area (Å²) in [5.41, 5.74) is 5.43. The number of likely N-dealkylation sites (tertiary alicyclic amines) is 1. The fourth-order valence-corrected chi connectivity index (χ4v) is 4.35. The van der Waals surface area contributed by atoms with E-state index in [9.17, 15) is 13.2 Å². The molecule has 0 radical (unpaired) electrons. The van der Waals surface area contributed by atoms with E-state index >= 15 is 0 Å². The van der Waals surface area contributed by atoms with Gasteiger partial charge in [0.1, 0.15) is 5.60 Å². The number of nitrogens with one attached hydrogen (secondary N) is 2. The number of halogens is 3. The van der Waals surface area contributed by atoms with Gasteiger partial charge in [-0.05, 0) is 59.1 Å². The normalized spacial score (nSPS) is 18.1. The molecular formula is C25H28F3N3OS. The van der Waals surface area contributed by atoms with Crippen LogP contribution in [0.4, 0.5) is 18.9 Å². The highest BCUT2D eigenvalue weighted by atomic mass is 32.1. The van der Waals surface area contributed by atoms with Crippen LogP contribution in [0.25, 0.3) is 5.70 Å². The van der Waals surface area contributed by atoms with Gasteiger partial charge < -0.3 is 10.2 Å². The van der Waals surface area contributed by atoms with Gasteiger partial charge >= 0.3 is 6.18 Å². The molecule has 1 fully saturated rings. The highest BCUT2D eigenvalue weighted by Crippen LogP contribution is 2.36. The first-order valence-electron chi connectivity index (χ1n) is 11.0. The van der Waals surface area contributed by atoms with E-state index in [-0.39, 0.29) is 5.41 Å². The first kappa shape index (κ1) is 23.6. The van der Waals surface area contributed by atoms with Crippen molar-refractivity contribution in [3.63, 3.8) is 0 Å². The van der Waals surface area contributed by atoms with Gasteiger partial charge in [0, 0.05) is 31.6 Å². The van der Waals surface area contributed by atoms with Crippen molar-refractivity contribution in [3.8, 4) is 0 Å². The van der Waals surface area contributed by atoms with E-state index in [1.165, 1.54) is 17.7 Å². The van der Waals surface area contributed by atoms with Gasteiger partial charge in [-0.1, -0.05) is 45.0 Å². The Kier molecular flexibility index (Phi) is 6.18. The molecule has 176 valence electrons. The Bertz CT molecular complexity index is 1030. The maximum atomic E-state index is 12.8. The van der Waals surface area contributed by atoms with E-state index in [2.05, 4.69) is 48.6 Å². The zero-order valence-corrected chi connectivity index (χ0v) is 19.7. The van der Waals surface area contributed by atoms with Crippen LogP contribution in [0.2, 0.25) is 0 Å². The zero-order chi connectivity index (χ0) is 23.9. The molecule has 2 aliphatic heterocycles. The van der Waals surface area contributed by atoms with E-state index in [0.29, 0.717) is 29.5 Å². The van der Waals surface area contributed by atoms with Gasteiger partial charge in [-0.15, -0.1) is 0 Å². The van der Waals surface area contributed by atoms with Crippen LogP contribution in [-0.2, 0) is 16.4 Å². The van der Waals surface area contributed by atoms with Crippen molar-refractivity contribution in [2.24, 2.45) is 0 Å². The quantitative estimate of drug-likeness (QED) is 0.513. The summed E-state index contributed by atoms with van der Waals surface area (Å²) in [7, 11) is 0. The third-order valence-electron chi connectivity index (χ3n) is 6.19. The van der Waals surface area contributed by atoms with Crippen LogP contribution in [0.5, 0.6) is 0 Å². The second-order valence-corrected chi connectivity index (χ2v) is 10.0. The Hall–Kier alpha value is -2.58. The van der Waals surface area contributed by atoms with E-state index in [1.807, 2.05) is 18.2 Å². The lowest BCUT2D eigenvalue weighted by molar-refractivity contribution is -0.137. The summed E-state index contributed by atoms with van der Waals surface area (Å²) >= 11 is 5.62. The summed E-state index contributed by atoms with van der Waals surface area (Å²) in [6.07, 6.45) is -0.930. The second kappa shape index (κ2) is 8.65. The van der Waals surface area contributed by atoms with Crippen LogP contribution >= 0.6 is 12.2 Å². The number of rotatable bonds is 2. The Balaban J connectivity index is 1.35. The highest BCUT2D eigenvalue weighted by molar-refractivity contribution is 7.80. The molecule has 4 nitrogen and oxygen atoms in total. The summed E-state index contributed by atoms with van der Waals surface area (Å²) in [6.45, 7) is 7.97. The lowest BCUT2D eigenvalue weighted by Gasteiger charge is -2.38. The molecule has 0 aromatic heterocycles. The van der Waals surface area contributed by atoms with Crippen molar-refractivity contribution in [2.45, 2.75) is 50.8 Å². The fraction of sp³-hybridized carbons (Fsp3) is 0.400. The number of alkyl halides is 3. The van der Waals surface area contributed by atoms with Crippen molar-refractivity contribution in [2.75, 3.05) is 18.4 Å². The molecule has 0 bridgehead atoms. The first-order chi connectivity index (χ1) is 15.5. The smallest absolute Gasteiger partial charge is 0.349 e. The highest BCUT2D eigenvalue weighted by Gasteiger charge is 2.39. The summed E-state index contributed by atoms with van der Waals surface area (Å²) in [4.78, 5) is 8.00. The lowest BCUT2D eigenvalue weighted by Crippen LogP contribution is -2.48. The molecule has 8 heteroatoms. The van der Waals surface area contributed by atoms with E-state index < -0.39 is 17.3 Å². The number of hydroxylamine groups is 1. The largest absolute Gasteiger partial charge is 0.416 e. The van der Waals surface area contributed by atoms with Crippen molar-refractivity contribution in [3.05, 3.63) is 71.3 Å². The molecule has 0 atom stereocenters. The number of nitrogens with zero attached hydrogens (tertiary/aromatic N) is 1. The van der Waals surface area contributed by atoms with Crippen LogP contribution in [0.3, 0.4) is 0 Å². The molecule has 2 aromatic rings. The average molecular weight is 476 g/mol. The molecule has 33 heavy (non-hydrogen) atoms. The maximum Gasteiger partial charge on any atom is 0.416 e. The summed E-state index contributed by atoms with van der Waals surface area (Å²) in [5.74, 6) is 0. The molecule has 4 rings (SSSR count). The van der Waals surface area contributed by atoms with Gasteiger partial charge in [-0.3, -0.25) is 10.3 Å². The number of piperidine rings is 1. The van der Waals surface area contributed by atoms with Crippen LogP contribution in [0.15, 0.2) is 54.6 Å². The second-order valence-electron chi connectivity index (χ2n) is 9.65. The van der Waals surface area contributed by atoms with Crippen molar-refractivity contribution in [1.82, 2.24) is 10.4 Å². The van der Waals surface area contributed by atoms with Gasteiger partial charge in [0.15, 0.2) is 5.11 Å². The number of hydrogen-bond acceptors (Lipinski definition) is 3. The Morgan fingerprint density at radius 3 is 2.09 bits per heavy atom. The minimum Gasteiger partial charge on any atom is -0.349 e. The van der Waals surface area contributed by atoms with Crippen LogP contribution < -0.4 is 10.8 Å². The molecule has 2 heterocycles. The van der Waals surface area contributed by atoms with Gasteiger partial charge in [0.2, 0.25) is 0 Å². The Morgan fingerprint density at radius 1 is 0.970 bits per heavy atom. The third kappa shape index (κ3) is 5.33. The van der Waals surface area contributed by atoms with E-state index in [0.717, 1.165) is 30.7 Å². The zero-order valence-electron chi connectivity index (χ0n) is 18.9. The molecule has 2 aromatic carbocycles. The third-order valence-corrected chi connectivity index (χ3v) is 6.55. The van der Waals surface area contributed by atoms with Gasteiger partial charge in [0.05, 0.1) is 11.3 Å². The summed E-state index contributed by atoms with van der Waals surface area (Å²) in [6, 6.07) is 13.4. The van der Waals surface area contributed by atoms with Crippen LogP contribution in [0, 0.1) is 0 Å². The standard InChI is InChI=1S/C25H28F3N3OS/c1-23(2,3)18-8-10-20(11-9-18)29-22(33)31-14-12-24(13-15-31)16-21(30-32-24)17-4-6-19(7-5-17)25(26,27)28/h4-11,16,30H,12-15H2,1-3H3,(H,29,33). The summed E-state index contributed by atoms with van der Waals surface area (Å²) in [5, 5.41) is 3.99. The molecular weight excluding hydrogens is 447 g/mol. The number of hydrogen-bond donors (Lipinski definition) is 2. The lowest BCUT2D eigenvalue weighted by atomic mass is 9.87. The van der Waals surface area contributed by atoms with Crippen molar-refractivity contribution >= 4 is 28.7 Å². The molecule has 0 aliphatic carbocycles. The van der Waals surface area contributed by atoms with Gasteiger partial charge in [-0.25, -0.2) is 0 Å². The molecule has 2 aliphatic rings. The molecule has 2 N–H and O–H groups in total. The Labute approximate surface area is 197 Å². The average Bonchev–Trinajstić information content (AvgIpc) is 3.17.